The number of ether oxygens (including phenoxy) is 16. The van der Waals surface area contributed by atoms with Gasteiger partial charge in [-0.2, -0.15) is 0 Å². The van der Waals surface area contributed by atoms with Crippen molar-refractivity contribution in [2.45, 2.75) is 190 Å². The lowest BCUT2D eigenvalue weighted by Crippen LogP contribution is -2.72. The number of carbonyl (C=O) groups excluding carboxylic acids is 6. The molecular formula is C72H90ClNO23Si. The fraction of sp³-hybridized carbons (Fsp3) is 0.500. The molecule has 0 unspecified atom stereocenters. The van der Waals surface area contributed by atoms with E-state index < -0.39 is 160 Å². The van der Waals surface area contributed by atoms with Crippen LogP contribution in [0.1, 0.15) is 61.9 Å². The second-order valence-corrected chi connectivity index (χ2v) is 31.0. The number of hydrogen-bond donors (Lipinski definition) is 2. The molecular weight excluding hydrogens is 1310 g/mol. The highest BCUT2D eigenvalue weighted by molar-refractivity contribution is 6.76. The van der Waals surface area contributed by atoms with Gasteiger partial charge in [-0.05, 0) is 33.9 Å². The summed E-state index contributed by atoms with van der Waals surface area (Å²) in [5, 5.41) is 15.9. The summed E-state index contributed by atoms with van der Waals surface area (Å²) in [6, 6.07) is 45.9. The molecule has 3 heterocycles. The van der Waals surface area contributed by atoms with Gasteiger partial charge in [-0.25, -0.2) is 4.79 Å². The molecule has 3 fully saturated rings. The maximum Gasteiger partial charge on any atom is 0.366 e. The molecule has 24 nitrogen and oxygen atoms in total. The number of alkyl halides is 1. The first-order valence-corrected chi connectivity index (χ1v) is 36.8. The molecule has 0 saturated carbocycles. The average Bonchev–Trinajstić information content (AvgIpc) is 0.746. The molecule has 5 aromatic rings. The Bertz CT molecular complexity index is 3270. The van der Waals surface area contributed by atoms with Crippen LogP contribution in [0.3, 0.4) is 0 Å². The predicted molar refractivity (Wildman–Crippen MR) is 355 cm³/mol. The highest BCUT2D eigenvalue weighted by Gasteiger charge is 2.63. The predicted octanol–water partition coefficient (Wildman–Crippen LogP) is 7.85. The van der Waals surface area contributed by atoms with Crippen molar-refractivity contribution in [1.29, 1.82) is 0 Å². The minimum atomic E-state index is -2.93. The van der Waals surface area contributed by atoms with Crippen molar-refractivity contribution in [3.05, 3.63) is 179 Å². The smallest absolute Gasteiger partial charge is 0.366 e. The summed E-state index contributed by atoms with van der Waals surface area (Å²) < 4.78 is 105. The molecule has 2 N–H and O–H groups in total. The van der Waals surface area contributed by atoms with Gasteiger partial charge < -0.3 is 86.2 Å². The van der Waals surface area contributed by atoms with Crippen molar-refractivity contribution >= 4 is 55.4 Å². The SMILES string of the molecule is COC(=O)[C@@]1(O[C@H]2[C@@H](O)[C@@H](COCc3ccccc3)O[C@@H](O[C@H]3[C@H](OCc4ccccc4)[C@@H](OCc4ccccc4)[C@H](OCC[Si](C)(C)C)O[C@@H]3COCc3ccccc3)[C@@H]2OCc2ccccc2)C[C@H](OC(C)=O)[C@@H](NC(=O)CCl)[C@H]([C@H](OC(C)=O)[C@@H](COC(C)=O)OC(C)=O)O1. The number of halogens is 1. The monoisotopic (exact) mass is 1400 g/mol. The first-order chi connectivity index (χ1) is 47.1. The first-order valence-electron chi connectivity index (χ1n) is 32.5. The van der Waals surface area contributed by atoms with Gasteiger partial charge in [-0.3, -0.25) is 24.0 Å². The van der Waals surface area contributed by atoms with E-state index in [0.717, 1.165) is 63.1 Å². The summed E-state index contributed by atoms with van der Waals surface area (Å²) in [5.74, 6) is -9.58. The minimum absolute atomic E-state index is 0.0232. The number of rotatable bonds is 35. The molecule has 8 rings (SSSR count). The van der Waals surface area contributed by atoms with Gasteiger partial charge in [0, 0.05) is 42.4 Å². The zero-order chi connectivity index (χ0) is 70.2. The van der Waals surface area contributed by atoms with Crippen LogP contribution in [0.15, 0.2) is 152 Å². The maximum absolute atomic E-state index is 15.3. The second-order valence-electron chi connectivity index (χ2n) is 25.2. The molecule has 16 atom stereocenters. The summed E-state index contributed by atoms with van der Waals surface area (Å²) in [4.78, 5) is 81.1. The number of aliphatic hydroxyl groups excluding tert-OH is 1. The van der Waals surface area contributed by atoms with E-state index in [4.69, 9.17) is 87.4 Å². The third-order valence-electron chi connectivity index (χ3n) is 16.2. The van der Waals surface area contributed by atoms with Gasteiger partial charge >= 0.3 is 29.8 Å². The lowest BCUT2D eigenvalue weighted by atomic mass is 9.87. The molecule has 3 aliphatic rings. The number of hydrogen-bond acceptors (Lipinski definition) is 23. The van der Waals surface area contributed by atoms with E-state index in [2.05, 4.69) is 25.0 Å². The molecule has 0 radical (unpaired) electrons. The van der Waals surface area contributed by atoms with Crippen LogP contribution in [-0.4, -0.2) is 186 Å². The Hall–Kier alpha value is -7.05. The van der Waals surface area contributed by atoms with Gasteiger partial charge in [0.15, 0.2) is 24.8 Å². The van der Waals surface area contributed by atoms with Crippen LogP contribution in [0.5, 0.6) is 0 Å². The molecule has 3 saturated heterocycles. The molecule has 1 amide bonds. The topological polar surface area (TPSA) is 282 Å². The van der Waals surface area contributed by atoms with Crippen LogP contribution in [0, 0.1) is 0 Å². The van der Waals surface area contributed by atoms with Crippen molar-refractivity contribution in [2.24, 2.45) is 0 Å². The van der Waals surface area contributed by atoms with E-state index in [9.17, 15) is 29.1 Å². The Morgan fingerprint density at radius 1 is 0.582 bits per heavy atom. The molecule has 532 valence electrons. The molecule has 0 bridgehead atoms. The zero-order valence-corrected chi connectivity index (χ0v) is 58.1. The lowest BCUT2D eigenvalue weighted by Gasteiger charge is -2.52. The van der Waals surface area contributed by atoms with E-state index in [0.29, 0.717) is 12.2 Å². The molecule has 0 aliphatic carbocycles. The lowest BCUT2D eigenvalue weighted by molar-refractivity contribution is -0.395. The molecule has 0 aromatic heterocycles. The van der Waals surface area contributed by atoms with Crippen molar-refractivity contribution in [2.75, 3.05) is 39.4 Å². The summed E-state index contributed by atoms with van der Waals surface area (Å²) in [6.07, 6.45) is -22.5. The van der Waals surface area contributed by atoms with E-state index >= 15 is 4.79 Å². The fourth-order valence-electron chi connectivity index (χ4n) is 11.5. The third kappa shape index (κ3) is 23.0. The summed E-state index contributed by atoms with van der Waals surface area (Å²) >= 11 is 6.11. The van der Waals surface area contributed by atoms with Crippen molar-refractivity contribution < 1.29 is 110 Å². The molecule has 0 spiro atoms. The van der Waals surface area contributed by atoms with Crippen LogP contribution in [-0.2, 0) is 138 Å². The highest BCUT2D eigenvalue weighted by Crippen LogP contribution is 2.42. The van der Waals surface area contributed by atoms with E-state index in [-0.39, 0.29) is 46.2 Å². The van der Waals surface area contributed by atoms with Crippen LogP contribution in [0.2, 0.25) is 25.7 Å². The normalized spacial score (nSPS) is 26.2. The highest BCUT2D eigenvalue weighted by atomic mass is 35.5. The van der Waals surface area contributed by atoms with Crippen LogP contribution in [0.4, 0.5) is 0 Å². The molecule has 3 aliphatic heterocycles. The summed E-state index contributed by atoms with van der Waals surface area (Å²) in [6.45, 7) is 9.95. The van der Waals surface area contributed by atoms with E-state index in [1.54, 1.807) is 24.3 Å². The van der Waals surface area contributed by atoms with Gasteiger partial charge in [0.25, 0.3) is 5.79 Å². The number of amides is 1. The van der Waals surface area contributed by atoms with Crippen LogP contribution >= 0.6 is 11.6 Å². The standard InChI is InChI=1S/C72H90ClNO23Si/c1-46(75)86-45-58(91-48(3)77)62(92-49(4)78)64-60(74-59(79)37-73)55(90-47(2)76)36-72(96-64,71(81)82-5)97-65-61(80)56(43-83-38-50-24-14-9-15-25-50)93-70(67(65)88-41-53-30-20-12-21-31-53)95-63-57(44-84-39-51-26-16-10-17-27-51)94-69(85-34-35-98(6,7)8)68(89-42-54-32-22-13-23-33-54)66(63)87-40-52-28-18-11-19-29-52/h9-33,55-58,60-70,80H,34-45H2,1-8H3,(H,74,79)/t55-,56+,57+,58+,60+,61-,62+,63+,64+,65-,66-,67+,68+,69+,70-,72-/m0/s1. The van der Waals surface area contributed by atoms with Gasteiger partial charge in [-0.15, -0.1) is 11.6 Å². The zero-order valence-electron chi connectivity index (χ0n) is 56.4. The Labute approximate surface area is 577 Å². The van der Waals surface area contributed by atoms with E-state index in [1.807, 2.05) is 127 Å². The van der Waals surface area contributed by atoms with E-state index in [1.165, 1.54) is 0 Å². The summed E-state index contributed by atoms with van der Waals surface area (Å²) in [7, 11) is -0.710. The number of aliphatic hydroxyl groups is 1. The van der Waals surface area contributed by atoms with Crippen LogP contribution in [0.25, 0.3) is 0 Å². The van der Waals surface area contributed by atoms with Crippen molar-refractivity contribution in [3.8, 4) is 0 Å². The average molecular weight is 1400 g/mol. The maximum atomic E-state index is 15.3. The number of benzene rings is 5. The Morgan fingerprint density at radius 2 is 1.05 bits per heavy atom. The third-order valence-corrected chi connectivity index (χ3v) is 18.1. The Kier molecular flexibility index (Phi) is 29.7. The number of carbonyl (C=O) groups is 6. The minimum Gasteiger partial charge on any atom is -0.465 e. The summed E-state index contributed by atoms with van der Waals surface area (Å²) in [5.41, 5.74) is 3.89. The van der Waals surface area contributed by atoms with Gasteiger partial charge in [0.1, 0.15) is 73.5 Å². The fourth-order valence-corrected chi connectivity index (χ4v) is 12.3. The Balaban J connectivity index is 1.32. The van der Waals surface area contributed by atoms with Gasteiger partial charge in [-0.1, -0.05) is 171 Å². The number of nitrogens with one attached hydrogen (secondary N) is 1. The molecule has 26 heteroatoms. The molecule has 5 aromatic carbocycles. The number of methoxy groups -OCH3 is 1. The van der Waals surface area contributed by atoms with Gasteiger partial charge in [0.2, 0.25) is 5.91 Å². The first kappa shape index (κ1) is 76.7. The Morgan fingerprint density at radius 3 is 1.51 bits per heavy atom. The largest absolute Gasteiger partial charge is 0.465 e. The second kappa shape index (κ2) is 37.9. The molecule has 98 heavy (non-hydrogen) atoms. The number of esters is 5. The van der Waals surface area contributed by atoms with Crippen LogP contribution < -0.4 is 5.32 Å². The van der Waals surface area contributed by atoms with Gasteiger partial charge in [0.05, 0.1) is 65.8 Å². The van der Waals surface area contributed by atoms with Crippen molar-refractivity contribution in [1.82, 2.24) is 5.32 Å². The quantitative estimate of drug-likeness (QED) is 0.0169. The van der Waals surface area contributed by atoms with Crippen molar-refractivity contribution in [3.63, 3.8) is 0 Å².